The van der Waals surface area contributed by atoms with Crippen molar-refractivity contribution in [3.05, 3.63) is 42.7 Å². The Morgan fingerprint density at radius 3 is 2.62 bits per heavy atom. The standard InChI is InChI=1S/C16H19N5/c1-3-9-21-11-13(10-18-21)14-15(17)20(2)16(19-14)12-7-5-4-6-8-12/h4-8,10-11H,3,9,17H2,1-2H3. The van der Waals surface area contributed by atoms with Gasteiger partial charge >= 0.3 is 0 Å². The van der Waals surface area contributed by atoms with Crippen molar-refractivity contribution in [3.8, 4) is 22.6 Å². The first kappa shape index (κ1) is 13.4. The van der Waals surface area contributed by atoms with E-state index in [2.05, 4.69) is 12.0 Å². The van der Waals surface area contributed by atoms with E-state index in [1.165, 1.54) is 0 Å². The second kappa shape index (κ2) is 5.44. The molecule has 0 saturated carbocycles. The molecule has 0 saturated heterocycles. The fraction of sp³-hybridized carbons (Fsp3) is 0.250. The highest BCUT2D eigenvalue weighted by molar-refractivity contribution is 5.74. The molecule has 0 amide bonds. The summed E-state index contributed by atoms with van der Waals surface area (Å²) in [5, 5.41) is 4.35. The van der Waals surface area contributed by atoms with Gasteiger partial charge in [-0.05, 0) is 6.42 Å². The summed E-state index contributed by atoms with van der Waals surface area (Å²) in [5.74, 6) is 1.52. The van der Waals surface area contributed by atoms with E-state index >= 15 is 0 Å². The molecule has 5 nitrogen and oxygen atoms in total. The van der Waals surface area contributed by atoms with Crippen LogP contribution in [0.4, 0.5) is 5.82 Å². The molecule has 21 heavy (non-hydrogen) atoms. The van der Waals surface area contributed by atoms with Crippen molar-refractivity contribution >= 4 is 5.82 Å². The van der Waals surface area contributed by atoms with Crippen LogP contribution in [0.15, 0.2) is 42.7 Å². The van der Waals surface area contributed by atoms with Gasteiger partial charge in [-0.15, -0.1) is 0 Å². The minimum atomic E-state index is 0.657. The lowest BCUT2D eigenvalue weighted by Gasteiger charge is -2.02. The number of nitrogens with two attached hydrogens (primary N) is 1. The number of hydrogen-bond donors (Lipinski definition) is 1. The van der Waals surface area contributed by atoms with Crippen molar-refractivity contribution in [3.63, 3.8) is 0 Å². The average molecular weight is 281 g/mol. The van der Waals surface area contributed by atoms with Gasteiger partial charge in [0.05, 0.1) is 6.20 Å². The predicted octanol–water partition coefficient (Wildman–Crippen LogP) is 2.94. The molecule has 0 radical (unpaired) electrons. The van der Waals surface area contributed by atoms with Crippen LogP contribution in [-0.4, -0.2) is 19.3 Å². The lowest BCUT2D eigenvalue weighted by molar-refractivity contribution is 0.603. The number of benzene rings is 1. The number of rotatable bonds is 4. The maximum atomic E-state index is 6.22. The van der Waals surface area contributed by atoms with Gasteiger partial charge in [-0.2, -0.15) is 5.10 Å². The molecule has 0 aliphatic rings. The Kier molecular flexibility index (Phi) is 3.48. The number of anilines is 1. The molecular weight excluding hydrogens is 262 g/mol. The lowest BCUT2D eigenvalue weighted by Crippen LogP contribution is -1.98. The molecule has 2 heterocycles. The van der Waals surface area contributed by atoms with Crippen LogP contribution in [0.25, 0.3) is 22.6 Å². The summed E-state index contributed by atoms with van der Waals surface area (Å²) in [5.41, 5.74) is 9.02. The molecule has 0 fully saturated rings. The van der Waals surface area contributed by atoms with Crippen molar-refractivity contribution in [2.45, 2.75) is 19.9 Å². The second-order valence-corrected chi connectivity index (χ2v) is 5.09. The van der Waals surface area contributed by atoms with E-state index in [0.717, 1.165) is 35.6 Å². The van der Waals surface area contributed by atoms with Gasteiger partial charge in [0, 0.05) is 30.9 Å². The van der Waals surface area contributed by atoms with Crippen molar-refractivity contribution < 1.29 is 0 Å². The third kappa shape index (κ3) is 2.42. The maximum absolute atomic E-state index is 6.22. The molecule has 1 aromatic carbocycles. The Hall–Kier alpha value is -2.56. The van der Waals surface area contributed by atoms with Gasteiger partial charge in [0.1, 0.15) is 17.3 Å². The molecular formula is C16H19N5. The van der Waals surface area contributed by atoms with E-state index in [4.69, 9.17) is 10.7 Å². The first-order chi connectivity index (χ1) is 10.2. The van der Waals surface area contributed by atoms with Crippen LogP contribution >= 0.6 is 0 Å². The normalized spacial score (nSPS) is 11.0. The molecule has 0 unspecified atom stereocenters. The van der Waals surface area contributed by atoms with Gasteiger partial charge in [0.15, 0.2) is 0 Å². The van der Waals surface area contributed by atoms with Crippen LogP contribution in [0.2, 0.25) is 0 Å². The highest BCUT2D eigenvalue weighted by Crippen LogP contribution is 2.29. The third-order valence-corrected chi connectivity index (χ3v) is 3.53. The first-order valence-electron chi connectivity index (χ1n) is 7.11. The molecule has 5 heteroatoms. The second-order valence-electron chi connectivity index (χ2n) is 5.09. The maximum Gasteiger partial charge on any atom is 0.142 e. The molecule has 0 aliphatic heterocycles. The summed E-state index contributed by atoms with van der Waals surface area (Å²) in [4.78, 5) is 4.71. The number of imidazole rings is 1. The Morgan fingerprint density at radius 2 is 1.90 bits per heavy atom. The largest absolute Gasteiger partial charge is 0.383 e. The van der Waals surface area contributed by atoms with E-state index in [1.807, 2.05) is 59.0 Å². The van der Waals surface area contributed by atoms with Gasteiger partial charge in [-0.25, -0.2) is 4.98 Å². The van der Waals surface area contributed by atoms with Crippen molar-refractivity contribution in [1.82, 2.24) is 19.3 Å². The van der Waals surface area contributed by atoms with Crippen LogP contribution in [0.5, 0.6) is 0 Å². The zero-order valence-corrected chi connectivity index (χ0v) is 12.3. The summed E-state index contributed by atoms with van der Waals surface area (Å²) in [6.45, 7) is 3.03. The fourth-order valence-electron chi connectivity index (χ4n) is 2.41. The number of aromatic nitrogens is 4. The SMILES string of the molecule is CCCn1cc(-c2nc(-c3ccccc3)n(C)c2N)cn1. The fourth-order valence-corrected chi connectivity index (χ4v) is 2.41. The highest BCUT2D eigenvalue weighted by Gasteiger charge is 2.16. The molecule has 0 aliphatic carbocycles. The highest BCUT2D eigenvalue weighted by atomic mass is 15.3. The monoisotopic (exact) mass is 281 g/mol. The third-order valence-electron chi connectivity index (χ3n) is 3.53. The summed E-state index contributed by atoms with van der Waals surface area (Å²) in [6, 6.07) is 10.1. The van der Waals surface area contributed by atoms with Crippen LogP contribution < -0.4 is 5.73 Å². The molecule has 3 rings (SSSR count). The van der Waals surface area contributed by atoms with Crippen LogP contribution in [-0.2, 0) is 13.6 Å². The molecule has 2 aromatic heterocycles. The summed E-state index contributed by atoms with van der Waals surface area (Å²) in [7, 11) is 1.94. The summed E-state index contributed by atoms with van der Waals surface area (Å²) in [6.07, 6.45) is 4.87. The number of nitrogen functional groups attached to an aromatic ring is 1. The summed E-state index contributed by atoms with van der Waals surface area (Å²) >= 11 is 0. The van der Waals surface area contributed by atoms with Gasteiger partial charge < -0.3 is 10.3 Å². The molecule has 3 aromatic rings. The molecule has 0 spiro atoms. The molecule has 0 atom stereocenters. The Balaban J connectivity index is 2.04. The number of hydrogen-bond acceptors (Lipinski definition) is 3. The smallest absolute Gasteiger partial charge is 0.142 e. The number of aryl methyl sites for hydroxylation is 1. The molecule has 2 N–H and O–H groups in total. The minimum Gasteiger partial charge on any atom is -0.383 e. The zero-order chi connectivity index (χ0) is 14.8. The van der Waals surface area contributed by atoms with E-state index in [9.17, 15) is 0 Å². The zero-order valence-electron chi connectivity index (χ0n) is 12.3. The first-order valence-corrected chi connectivity index (χ1v) is 7.11. The van der Waals surface area contributed by atoms with E-state index in [1.54, 1.807) is 0 Å². The lowest BCUT2D eigenvalue weighted by atomic mass is 10.2. The van der Waals surface area contributed by atoms with Crippen molar-refractivity contribution in [2.24, 2.45) is 7.05 Å². The van der Waals surface area contributed by atoms with Crippen LogP contribution in [0, 0.1) is 0 Å². The molecule has 0 bridgehead atoms. The Bertz CT molecular complexity index is 739. The van der Waals surface area contributed by atoms with Crippen LogP contribution in [0.1, 0.15) is 13.3 Å². The van der Waals surface area contributed by atoms with Gasteiger partial charge in [0.25, 0.3) is 0 Å². The summed E-state index contributed by atoms with van der Waals surface area (Å²) < 4.78 is 3.84. The van der Waals surface area contributed by atoms with Gasteiger partial charge in [-0.1, -0.05) is 37.3 Å². The molecule has 108 valence electrons. The van der Waals surface area contributed by atoms with E-state index < -0.39 is 0 Å². The van der Waals surface area contributed by atoms with Crippen molar-refractivity contribution in [1.29, 1.82) is 0 Å². The quantitative estimate of drug-likeness (QED) is 0.799. The van der Waals surface area contributed by atoms with Gasteiger partial charge in [0.2, 0.25) is 0 Å². The van der Waals surface area contributed by atoms with Gasteiger partial charge in [-0.3, -0.25) is 4.68 Å². The van der Waals surface area contributed by atoms with E-state index in [0.29, 0.717) is 5.82 Å². The van der Waals surface area contributed by atoms with Crippen molar-refractivity contribution in [2.75, 3.05) is 5.73 Å². The Labute approximate surface area is 124 Å². The number of nitrogens with zero attached hydrogens (tertiary/aromatic N) is 4. The van der Waals surface area contributed by atoms with E-state index in [-0.39, 0.29) is 0 Å². The predicted molar refractivity (Wildman–Crippen MR) is 84.6 cm³/mol. The topological polar surface area (TPSA) is 61.7 Å². The minimum absolute atomic E-state index is 0.657. The van der Waals surface area contributed by atoms with Crippen LogP contribution in [0.3, 0.4) is 0 Å². The Morgan fingerprint density at radius 1 is 1.14 bits per heavy atom. The average Bonchev–Trinajstić information content (AvgIpc) is 3.07.